The maximum atomic E-state index is 6.30. The van der Waals surface area contributed by atoms with Crippen LogP contribution in [0.2, 0.25) is 5.02 Å². The molecule has 1 aromatic carbocycles. The molecule has 3 rings (SSSR count). The Morgan fingerprint density at radius 3 is 2.63 bits per heavy atom. The highest BCUT2D eigenvalue weighted by atomic mass is 35.5. The minimum Gasteiger partial charge on any atom is -0.368 e. The van der Waals surface area contributed by atoms with E-state index in [9.17, 15) is 0 Å². The number of benzene rings is 1. The van der Waals surface area contributed by atoms with Crippen LogP contribution in [-0.2, 0) is 5.88 Å². The van der Waals surface area contributed by atoms with Crippen molar-refractivity contribution in [2.75, 3.05) is 11.4 Å². The zero-order valence-electron chi connectivity index (χ0n) is 11.2. The minimum atomic E-state index is 0.503. The number of alkyl halides is 1. The second kappa shape index (κ2) is 5.93. The van der Waals surface area contributed by atoms with E-state index in [1.165, 1.54) is 44.2 Å². The first-order valence-electron chi connectivity index (χ1n) is 7.41. The van der Waals surface area contributed by atoms with Gasteiger partial charge in [0.25, 0.3) is 0 Å². The molecule has 2 fully saturated rings. The molecule has 1 saturated heterocycles. The zero-order valence-corrected chi connectivity index (χ0v) is 12.8. The Balaban J connectivity index is 1.89. The van der Waals surface area contributed by atoms with Crippen LogP contribution in [0.25, 0.3) is 0 Å². The van der Waals surface area contributed by atoms with Crippen molar-refractivity contribution in [1.29, 1.82) is 0 Å². The van der Waals surface area contributed by atoms with Crippen LogP contribution in [0.5, 0.6) is 0 Å². The summed E-state index contributed by atoms with van der Waals surface area (Å²) in [5, 5.41) is 0.810. The van der Waals surface area contributed by atoms with Gasteiger partial charge in [-0.2, -0.15) is 0 Å². The van der Waals surface area contributed by atoms with Gasteiger partial charge in [-0.3, -0.25) is 0 Å². The fraction of sp³-hybridized carbons (Fsp3) is 0.625. The van der Waals surface area contributed by atoms with Gasteiger partial charge >= 0.3 is 0 Å². The molecule has 2 aliphatic rings. The molecule has 0 radical (unpaired) electrons. The lowest BCUT2D eigenvalue weighted by Gasteiger charge is -2.33. The van der Waals surface area contributed by atoms with Crippen LogP contribution in [-0.4, -0.2) is 12.6 Å². The molecule has 1 nitrogen and oxygen atoms in total. The van der Waals surface area contributed by atoms with E-state index in [-0.39, 0.29) is 0 Å². The summed E-state index contributed by atoms with van der Waals surface area (Å²) < 4.78 is 0. The van der Waals surface area contributed by atoms with Gasteiger partial charge in [0.1, 0.15) is 0 Å². The first-order chi connectivity index (χ1) is 9.31. The fourth-order valence-electron chi connectivity index (χ4n) is 3.87. The highest BCUT2D eigenvalue weighted by molar-refractivity contribution is 6.32. The van der Waals surface area contributed by atoms with Crippen molar-refractivity contribution in [3.8, 4) is 0 Å². The van der Waals surface area contributed by atoms with Crippen LogP contribution < -0.4 is 4.90 Å². The van der Waals surface area contributed by atoms with Gasteiger partial charge < -0.3 is 4.90 Å². The summed E-state index contributed by atoms with van der Waals surface area (Å²) in [4.78, 5) is 2.58. The van der Waals surface area contributed by atoms with Crippen molar-refractivity contribution >= 4 is 28.9 Å². The van der Waals surface area contributed by atoms with E-state index in [0.29, 0.717) is 11.9 Å². The van der Waals surface area contributed by atoms with Crippen LogP contribution in [0.1, 0.15) is 44.1 Å². The predicted molar refractivity (Wildman–Crippen MR) is 83.3 cm³/mol. The van der Waals surface area contributed by atoms with Gasteiger partial charge in [-0.25, -0.2) is 0 Å². The summed E-state index contributed by atoms with van der Waals surface area (Å²) in [6.07, 6.45) is 8.25. The molecule has 1 unspecified atom stereocenters. The van der Waals surface area contributed by atoms with E-state index >= 15 is 0 Å². The number of rotatable bonds is 3. The highest BCUT2D eigenvalue weighted by Crippen LogP contribution is 2.40. The predicted octanol–water partition coefficient (Wildman–Crippen LogP) is 5.24. The molecule has 1 saturated carbocycles. The molecule has 104 valence electrons. The Hall–Kier alpha value is -0.400. The van der Waals surface area contributed by atoms with Gasteiger partial charge in [0.15, 0.2) is 0 Å². The van der Waals surface area contributed by atoms with Gasteiger partial charge in [0, 0.05) is 28.9 Å². The second-order valence-corrected chi connectivity index (χ2v) is 6.49. The van der Waals surface area contributed by atoms with Gasteiger partial charge in [-0.15, -0.1) is 11.6 Å². The summed E-state index contributed by atoms with van der Waals surface area (Å²) in [7, 11) is 0. The summed E-state index contributed by atoms with van der Waals surface area (Å²) in [5.41, 5.74) is 2.38. The first-order valence-corrected chi connectivity index (χ1v) is 8.32. The average Bonchev–Trinajstić information content (AvgIpc) is 3.09. The van der Waals surface area contributed by atoms with Crippen molar-refractivity contribution in [3.63, 3.8) is 0 Å². The normalized spacial score (nSPS) is 24.3. The molecular formula is C16H21Cl2N. The number of nitrogens with zero attached hydrogens (tertiary/aromatic N) is 1. The molecule has 0 N–H and O–H groups in total. The standard InChI is InChI=1S/C16H21Cl2N/c17-11-13-14(18)7-3-8-16(13)19-10-4-9-15(19)12-5-1-2-6-12/h3,7-8,12,15H,1-2,4-6,9-11H2. The Labute approximate surface area is 125 Å². The SMILES string of the molecule is ClCc1c(Cl)cccc1N1CCCC1C1CCCC1. The van der Waals surface area contributed by atoms with E-state index < -0.39 is 0 Å². The lowest BCUT2D eigenvalue weighted by molar-refractivity contribution is 0.430. The fourth-order valence-corrected chi connectivity index (χ4v) is 4.46. The molecule has 1 aliphatic carbocycles. The van der Waals surface area contributed by atoms with Crippen LogP contribution >= 0.6 is 23.2 Å². The Bertz CT molecular complexity index is 440. The smallest absolute Gasteiger partial charge is 0.0509 e. The maximum Gasteiger partial charge on any atom is 0.0509 e. The Morgan fingerprint density at radius 2 is 1.89 bits per heavy atom. The summed E-state index contributed by atoms with van der Waals surface area (Å²) in [6.45, 7) is 1.16. The van der Waals surface area contributed by atoms with Gasteiger partial charge in [0.05, 0.1) is 5.88 Å². The maximum absolute atomic E-state index is 6.30. The molecule has 0 aromatic heterocycles. The molecule has 0 spiro atoms. The Kier molecular flexibility index (Phi) is 4.24. The quantitative estimate of drug-likeness (QED) is 0.690. The molecule has 1 aliphatic heterocycles. The summed E-state index contributed by atoms with van der Waals surface area (Å²) in [5.74, 6) is 1.38. The molecule has 1 heterocycles. The molecular weight excluding hydrogens is 277 g/mol. The number of anilines is 1. The first kappa shape index (κ1) is 13.6. The average molecular weight is 298 g/mol. The zero-order chi connectivity index (χ0) is 13.2. The molecule has 1 aromatic rings. The Morgan fingerprint density at radius 1 is 1.11 bits per heavy atom. The van der Waals surface area contributed by atoms with E-state index in [4.69, 9.17) is 23.2 Å². The lowest BCUT2D eigenvalue weighted by Crippen LogP contribution is -2.35. The lowest BCUT2D eigenvalue weighted by atomic mass is 9.95. The van der Waals surface area contributed by atoms with Crippen molar-refractivity contribution < 1.29 is 0 Å². The van der Waals surface area contributed by atoms with Gasteiger partial charge in [0.2, 0.25) is 0 Å². The monoisotopic (exact) mass is 297 g/mol. The third kappa shape index (κ3) is 2.60. The van der Waals surface area contributed by atoms with Gasteiger partial charge in [-0.05, 0) is 43.7 Å². The largest absolute Gasteiger partial charge is 0.368 e. The number of halogens is 2. The van der Waals surface area contributed by atoms with Crippen LogP contribution in [0.3, 0.4) is 0 Å². The van der Waals surface area contributed by atoms with Crippen molar-refractivity contribution in [3.05, 3.63) is 28.8 Å². The molecule has 0 amide bonds. The topological polar surface area (TPSA) is 3.24 Å². The van der Waals surface area contributed by atoms with Crippen molar-refractivity contribution in [2.24, 2.45) is 5.92 Å². The van der Waals surface area contributed by atoms with E-state index in [0.717, 1.165) is 23.0 Å². The van der Waals surface area contributed by atoms with Gasteiger partial charge in [-0.1, -0.05) is 30.5 Å². The molecule has 19 heavy (non-hydrogen) atoms. The second-order valence-electron chi connectivity index (χ2n) is 5.82. The highest BCUT2D eigenvalue weighted by Gasteiger charge is 2.34. The van der Waals surface area contributed by atoms with Crippen LogP contribution in [0, 0.1) is 5.92 Å². The third-order valence-corrected chi connectivity index (χ3v) is 5.40. The molecule has 3 heteroatoms. The molecule has 0 bridgehead atoms. The third-order valence-electron chi connectivity index (χ3n) is 4.78. The summed E-state index contributed by atoms with van der Waals surface area (Å²) >= 11 is 12.4. The molecule has 1 atom stereocenters. The van der Waals surface area contributed by atoms with Crippen LogP contribution in [0.15, 0.2) is 18.2 Å². The van der Waals surface area contributed by atoms with Crippen LogP contribution in [0.4, 0.5) is 5.69 Å². The van der Waals surface area contributed by atoms with E-state index in [1.54, 1.807) is 0 Å². The minimum absolute atomic E-state index is 0.503. The van der Waals surface area contributed by atoms with Crippen molar-refractivity contribution in [2.45, 2.75) is 50.4 Å². The van der Waals surface area contributed by atoms with Crippen molar-refractivity contribution in [1.82, 2.24) is 0 Å². The van der Waals surface area contributed by atoms with E-state index in [1.807, 2.05) is 6.07 Å². The summed E-state index contributed by atoms with van der Waals surface area (Å²) in [6, 6.07) is 6.90. The number of hydrogen-bond acceptors (Lipinski definition) is 1. The number of hydrogen-bond donors (Lipinski definition) is 0. The van der Waals surface area contributed by atoms with E-state index in [2.05, 4.69) is 17.0 Å².